The third-order valence-electron chi connectivity index (χ3n) is 5.34. The lowest BCUT2D eigenvalue weighted by Crippen LogP contribution is -2.53. The summed E-state index contributed by atoms with van der Waals surface area (Å²) in [5, 5.41) is 15.0. The van der Waals surface area contributed by atoms with Gasteiger partial charge in [0.05, 0.1) is 15.1 Å². The van der Waals surface area contributed by atoms with Crippen LogP contribution >= 0.6 is 11.3 Å². The average molecular weight is 389 g/mol. The number of benzene rings is 1. The fourth-order valence-electron chi connectivity index (χ4n) is 3.76. The normalized spacial score (nSPS) is 18.7. The number of carbonyl (C=O) groups is 1. The molecule has 1 saturated carbocycles. The number of amides is 2. The number of thiazole rings is 1. The smallest absolute Gasteiger partial charge is 0.317 e. The molecule has 1 N–H and O–H groups in total. The molecular weight excluding hydrogens is 366 g/mol. The largest absolute Gasteiger partial charge is 0.345 e. The monoisotopic (exact) mass is 389 g/mol. The maximum atomic E-state index is 12.5. The van der Waals surface area contributed by atoms with Gasteiger partial charge in [-0.3, -0.25) is 10.1 Å². The highest BCUT2D eigenvalue weighted by atomic mass is 32.1. The predicted molar refractivity (Wildman–Crippen MR) is 105 cm³/mol. The summed E-state index contributed by atoms with van der Waals surface area (Å²) in [6.45, 7) is 2.77. The Labute approximate surface area is 161 Å². The Morgan fingerprint density at radius 2 is 1.93 bits per heavy atom. The summed E-state index contributed by atoms with van der Waals surface area (Å²) < 4.78 is 0.816. The first-order valence-electron chi connectivity index (χ1n) is 9.45. The van der Waals surface area contributed by atoms with Crippen LogP contribution in [-0.2, 0) is 0 Å². The van der Waals surface area contributed by atoms with Crippen molar-refractivity contribution < 1.29 is 9.72 Å². The highest BCUT2D eigenvalue weighted by molar-refractivity contribution is 7.22. The van der Waals surface area contributed by atoms with Gasteiger partial charge in [-0.25, -0.2) is 9.78 Å². The topological polar surface area (TPSA) is 91.6 Å². The number of hydrogen-bond acceptors (Lipinski definition) is 6. The Bertz CT molecular complexity index is 841. The van der Waals surface area contributed by atoms with Crippen LogP contribution in [0.2, 0.25) is 0 Å². The first-order chi connectivity index (χ1) is 13.1. The number of nitrogens with zero attached hydrogens (tertiary/aromatic N) is 4. The molecule has 2 aliphatic rings. The second-order valence-corrected chi connectivity index (χ2v) is 8.17. The number of carbonyl (C=O) groups excluding carboxylic acids is 1. The molecule has 9 heteroatoms. The number of rotatable bonds is 3. The van der Waals surface area contributed by atoms with E-state index < -0.39 is 0 Å². The van der Waals surface area contributed by atoms with Crippen molar-refractivity contribution >= 4 is 38.4 Å². The molecule has 2 amide bonds. The summed E-state index contributed by atoms with van der Waals surface area (Å²) >= 11 is 1.46. The SMILES string of the molecule is O=C(NC1CCCCC1)N1CCN(c2nc3ccc([N+](=O)[O-])cc3s2)CC1. The van der Waals surface area contributed by atoms with Crippen LogP contribution in [0.1, 0.15) is 32.1 Å². The number of nitro benzene ring substituents is 1. The van der Waals surface area contributed by atoms with Crippen LogP contribution in [0, 0.1) is 10.1 Å². The fraction of sp³-hybridized carbons (Fsp3) is 0.556. The van der Waals surface area contributed by atoms with Gasteiger partial charge in [-0.1, -0.05) is 30.6 Å². The van der Waals surface area contributed by atoms with Crippen LogP contribution in [0.25, 0.3) is 10.2 Å². The molecule has 2 fully saturated rings. The van der Waals surface area contributed by atoms with Gasteiger partial charge < -0.3 is 15.1 Å². The van der Waals surface area contributed by atoms with Gasteiger partial charge in [0.1, 0.15) is 0 Å². The van der Waals surface area contributed by atoms with Gasteiger partial charge in [-0.05, 0) is 18.9 Å². The van der Waals surface area contributed by atoms with Crippen LogP contribution in [0.15, 0.2) is 18.2 Å². The second-order valence-electron chi connectivity index (χ2n) is 7.16. The number of urea groups is 1. The van der Waals surface area contributed by atoms with Crippen molar-refractivity contribution in [2.75, 3.05) is 31.1 Å². The third kappa shape index (κ3) is 3.97. The molecule has 1 aromatic carbocycles. The van der Waals surface area contributed by atoms with E-state index in [0.29, 0.717) is 19.1 Å². The molecule has 144 valence electrons. The molecule has 8 nitrogen and oxygen atoms in total. The Balaban J connectivity index is 1.36. The zero-order valence-corrected chi connectivity index (χ0v) is 15.9. The van der Waals surface area contributed by atoms with Crippen LogP contribution in [0.5, 0.6) is 0 Å². The summed E-state index contributed by atoms with van der Waals surface area (Å²) in [5.41, 5.74) is 0.861. The Morgan fingerprint density at radius 3 is 2.63 bits per heavy atom. The molecule has 0 unspecified atom stereocenters. The molecule has 1 aromatic heterocycles. The van der Waals surface area contributed by atoms with Gasteiger partial charge >= 0.3 is 6.03 Å². The summed E-state index contributed by atoms with van der Waals surface area (Å²) in [6, 6.07) is 5.12. The average Bonchev–Trinajstić information content (AvgIpc) is 3.12. The van der Waals surface area contributed by atoms with Crippen molar-refractivity contribution in [3.05, 3.63) is 28.3 Å². The number of piperazine rings is 1. The molecular formula is C18H23N5O3S. The van der Waals surface area contributed by atoms with Crippen molar-refractivity contribution in [3.63, 3.8) is 0 Å². The lowest BCUT2D eigenvalue weighted by Gasteiger charge is -2.35. The van der Waals surface area contributed by atoms with E-state index in [2.05, 4.69) is 15.2 Å². The predicted octanol–water partition coefficient (Wildman–Crippen LogP) is 3.37. The zero-order valence-electron chi connectivity index (χ0n) is 15.1. The number of fused-ring (bicyclic) bond motifs is 1. The van der Waals surface area contributed by atoms with E-state index in [1.165, 1.54) is 36.7 Å². The van der Waals surface area contributed by atoms with Crippen LogP contribution in [-0.4, -0.2) is 53.1 Å². The van der Waals surface area contributed by atoms with E-state index in [4.69, 9.17) is 0 Å². The Morgan fingerprint density at radius 1 is 1.19 bits per heavy atom. The Hall–Kier alpha value is -2.42. The molecule has 1 aliphatic carbocycles. The van der Waals surface area contributed by atoms with Gasteiger partial charge in [-0.2, -0.15) is 0 Å². The van der Waals surface area contributed by atoms with E-state index >= 15 is 0 Å². The summed E-state index contributed by atoms with van der Waals surface area (Å²) in [4.78, 5) is 31.7. The van der Waals surface area contributed by atoms with Crippen molar-refractivity contribution in [2.45, 2.75) is 38.1 Å². The van der Waals surface area contributed by atoms with Crippen molar-refractivity contribution in [2.24, 2.45) is 0 Å². The lowest BCUT2D eigenvalue weighted by molar-refractivity contribution is -0.384. The molecule has 0 spiro atoms. The van der Waals surface area contributed by atoms with E-state index in [-0.39, 0.29) is 16.6 Å². The number of aromatic nitrogens is 1. The van der Waals surface area contributed by atoms with Crippen molar-refractivity contribution in [3.8, 4) is 0 Å². The van der Waals surface area contributed by atoms with Crippen LogP contribution < -0.4 is 10.2 Å². The van der Waals surface area contributed by atoms with Gasteiger partial charge in [0.25, 0.3) is 5.69 Å². The van der Waals surface area contributed by atoms with E-state index in [9.17, 15) is 14.9 Å². The zero-order chi connectivity index (χ0) is 18.8. The van der Waals surface area contributed by atoms with Gasteiger partial charge in [-0.15, -0.1) is 0 Å². The quantitative estimate of drug-likeness (QED) is 0.642. The summed E-state index contributed by atoms with van der Waals surface area (Å²) in [7, 11) is 0. The van der Waals surface area contributed by atoms with Crippen molar-refractivity contribution in [1.82, 2.24) is 15.2 Å². The molecule has 0 radical (unpaired) electrons. The molecule has 2 heterocycles. The minimum atomic E-state index is -0.386. The Kier molecular flexibility index (Phi) is 5.11. The fourth-order valence-corrected chi connectivity index (χ4v) is 4.81. The van der Waals surface area contributed by atoms with Crippen LogP contribution in [0.4, 0.5) is 15.6 Å². The number of hydrogen-bond donors (Lipinski definition) is 1. The minimum absolute atomic E-state index is 0.0430. The summed E-state index contributed by atoms with van der Waals surface area (Å²) in [6.07, 6.45) is 5.85. The second kappa shape index (κ2) is 7.67. The number of anilines is 1. The molecule has 1 aliphatic heterocycles. The molecule has 2 aromatic rings. The first kappa shape index (κ1) is 18.0. The van der Waals surface area contributed by atoms with E-state index in [1.54, 1.807) is 12.1 Å². The standard InChI is InChI=1S/C18H23N5O3S/c24-17(19-13-4-2-1-3-5-13)21-8-10-22(11-9-21)18-20-15-7-6-14(23(25)26)12-16(15)27-18/h6-7,12-13H,1-5,8-11H2,(H,19,24). The molecule has 27 heavy (non-hydrogen) atoms. The van der Waals surface area contributed by atoms with E-state index in [0.717, 1.165) is 41.3 Å². The lowest BCUT2D eigenvalue weighted by atomic mass is 9.96. The van der Waals surface area contributed by atoms with E-state index in [1.807, 2.05) is 4.90 Å². The van der Waals surface area contributed by atoms with Crippen molar-refractivity contribution in [1.29, 1.82) is 0 Å². The first-order valence-corrected chi connectivity index (χ1v) is 10.3. The number of nitrogens with one attached hydrogen (secondary N) is 1. The highest BCUT2D eigenvalue weighted by Gasteiger charge is 2.25. The van der Waals surface area contributed by atoms with Gasteiger partial charge in [0.2, 0.25) is 0 Å². The highest BCUT2D eigenvalue weighted by Crippen LogP contribution is 2.31. The van der Waals surface area contributed by atoms with Crippen LogP contribution in [0.3, 0.4) is 0 Å². The van der Waals surface area contributed by atoms with Gasteiger partial charge in [0, 0.05) is 44.4 Å². The maximum absolute atomic E-state index is 12.5. The third-order valence-corrected chi connectivity index (χ3v) is 6.42. The maximum Gasteiger partial charge on any atom is 0.317 e. The number of nitro groups is 1. The number of non-ortho nitro benzene ring substituents is 1. The molecule has 4 rings (SSSR count). The molecule has 1 saturated heterocycles. The minimum Gasteiger partial charge on any atom is -0.345 e. The molecule has 0 bridgehead atoms. The molecule has 0 atom stereocenters. The van der Waals surface area contributed by atoms with Gasteiger partial charge in [0.15, 0.2) is 5.13 Å². The summed E-state index contributed by atoms with van der Waals surface area (Å²) in [5.74, 6) is 0.